The molecule has 2 nitrogen and oxygen atoms in total. The Labute approximate surface area is 100.0 Å². The van der Waals surface area contributed by atoms with Gasteiger partial charge in [-0.3, -0.25) is 9.80 Å². The van der Waals surface area contributed by atoms with E-state index in [9.17, 15) is 0 Å². The summed E-state index contributed by atoms with van der Waals surface area (Å²) in [5.74, 6) is 0. The van der Waals surface area contributed by atoms with Crippen LogP contribution in [0, 0.1) is 0 Å². The van der Waals surface area contributed by atoms with E-state index in [0.717, 1.165) is 18.1 Å². The maximum absolute atomic E-state index is 2.87. The van der Waals surface area contributed by atoms with Crippen LogP contribution in [-0.2, 0) is 0 Å². The van der Waals surface area contributed by atoms with Gasteiger partial charge in [0.2, 0.25) is 0 Å². The van der Waals surface area contributed by atoms with Gasteiger partial charge in [0.25, 0.3) is 0 Å². The molecule has 1 saturated carbocycles. The molecule has 0 aromatic heterocycles. The minimum atomic E-state index is 0.861. The fourth-order valence-electron chi connectivity index (χ4n) is 3.80. The number of rotatable bonds is 2. The van der Waals surface area contributed by atoms with Crippen LogP contribution in [0.1, 0.15) is 51.9 Å². The lowest BCUT2D eigenvalue weighted by molar-refractivity contribution is -0.0334. The molecule has 92 valence electrons. The van der Waals surface area contributed by atoms with Crippen molar-refractivity contribution < 1.29 is 0 Å². The first kappa shape index (κ1) is 11.0. The van der Waals surface area contributed by atoms with Crippen molar-refractivity contribution in [3.8, 4) is 0 Å². The summed E-state index contributed by atoms with van der Waals surface area (Å²) < 4.78 is 0. The molecule has 0 bridgehead atoms. The highest BCUT2D eigenvalue weighted by Crippen LogP contribution is 2.32. The third-order valence-corrected chi connectivity index (χ3v) is 5.10. The molecule has 0 aromatic rings. The Balaban J connectivity index is 1.67. The Morgan fingerprint density at radius 1 is 0.938 bits per heavy atom. The van der Waals surface area contributed by atoms with E-state index in [0.29, 0.717) is 0 Å². The van der Waals surface area contributed by atoms with Gasteiger partial charge < -0.3 is 0 Å². The molecule has 0 N–H and O–H groups in total. The lowest BCUT2D eigenvalue weighted by Gasteiger charge is -2.52. The maximum atomic E-state index is 2.87. The van der Waals surface area contributed by atoms with Crippen LogP contribution in [-0.4, -0.2) is 47.6 Å². The summed E-state index contributed by atoms with van der Waals surface area (Å²) >= 11 is 0. The zero-order chi connectivity index (χ0) is 11.0. The Hall–Kier alpha value is -0.0800. The second-order valence-electron chi connectivity index (χ2n) is 5.99. The largest absolute Gasteiger partial charge is 0.298 e. The predicted octanol–water partition coefficient (Wildman–Crippen LogP) is 2.49. The number of nitrogens with zero attached hydrogens (tertiary/aromatic N) is 2. The average molecular weight is 222 g/mol. The summed E-state index contributed by atoms with van der Waals surface area (Å²) in [4.78, 5) is 5.66. The summed E-state index contributed by atoms with van der Waals surface area (Å²) in [6.45, 7) is 6.49. The van der Waals surface area contributed by atoms with Crippen molar-refractivity contribution in [2.24, 2.45) is 0 Å². The first-order valence-corrected chi connectivity index (χ1v) is 7.38. The van der Waals surface area contributed by atoms with Gasteiger partial charge in [0.1, 0.15) is 0 Å². The van der Waals surface area contributed by atoms with Crippen LogP contribution < -0.4 is 0 Å². The van der Waals surface area contributed by atoms with E-state index in [1.165, 1.54) is 64.6 Å². The van der Waals surface area contributed by atoms with Gasteiger partial charge in [0.15, 0.2) is 0 Å². The molecular weight excluding hydrogens is 196 g/mol. The molecule has 0 aromatic carbocycles. The molecule has 3 fully saturated rings. The minimum Gasteiger partial charge on any atom is -0.298 e. The molecule has 0 radical (unpaired) electrons. The summed E-state index contributed by atoms with van der Waals surface area (Å²) in [5, 5.41) is 0. The van der Waals surface area contributed by atoms with Crippen LogP contribution >= 0.6 is 0 Å². The van der Waals surface area contributed by atoms with E-state index in [-0.39, 0.29) is 0 Å². The van der Waals surface area contributed by atoms with Crippen LogP contribution in [0.4, 0.5) is 0 Å². The quantitative estimate of drug-likeness (QED) is 0.708. The summed E-state index contributed by atoms with van der Waals surface area (Å²) in [7, 11) is 0. The van der Waals surface area contributed by atoms with Crippen molar-refractivity contribution in [1.82, 2.24) is 9.80 Å². The number of piperazine rings is 1. The van der Waals surface area contributed by atoms with Gasteiger partial charge in [0.05, 0.1) is 0 Å². The number of piperidine rings is 1. The zero-order valence-corrected chi connectivity index (χ0v) is 10.7. The molecule has 2 aliphatic heterocycles. The third-order valence-electron chi connectivity index (χ3n) is 5.10. The van der Waals surface area contributed by atoms with Crippen molar-refractivity contribution in [3.63, 3.8) is 0 Å². The van der Waals surface area contributed by atoms with Crippen LogP contribution in [0.15, 0.2) is 0 Å². The van der Waals surface area contributed by atoms with E-state index in [2.05, 4.69) is 16.7 Å². The Kier molecular flexibility index (Phi) is 3.21. The van der Waals surface area contributed by atoms with E-state index >= 15 is 0 Å². The van der Waals surface area contributed by atoms with Crippen molar-refractivity contribution in [2.45, 2.75) is 70.0 Å². The second kappa shape index (κ2) is 4.66. The fraction of sp³-hybridized carbons (Fsp3) is 1.00. The van der Waals surface area contributed by atoms with Crippen molar-refractivity contribution >= 4 is 0 Å². The molecule has 0 amide bonds. The molecule has 2 unspecified atom stereocenters. The van der Waals surface area contributed by atoms with Gasteiger partial charge in [-0.05, 0) is 38.6 Å². The predicted molar refractivity (Wildman–Crippen MR) is 67.6 cm³/mol. The topological polar surface area (TPSA) is 6.48 Å². The molecule has 3 aliphatic rings. The van der Waals surface area contributed by atoms with Crippen molar-refractivity contribution in [2.75, 3.05) is 19.6 Å². The van der Waals surface area contributed by atoms with E-state index in [1.54, 1.807) is 0 Å². The number of hydrogen-bond donors (Lipinski definition) is 0. The van der Waals surface area contributed by atoms with Crippen LogP contribution in [0.3, 0.4) is 0 Å². The van der Waals surface area contributed by atoms with Gasteiger partial charge in [-0.25, -0.2) is 0 Å². The summed E-state index contributed by atoms with van der Waals surface area (Å²) in [5.41, 5.74) is 0. The molecule has 1 aliphatic carbocycles. The molecular formula is C14H26N2. The normalized spacial score (nSPS) is 38.1. The zero-order valence-electron chi connectivity index (χ0n) is 10.7. The van der Waals surface area contributed by atoms with Gasteiger partial charge >= 0.3 is 0 Å². The van der Waals surface area contributed by atoms with Gasteiger partial charge in [-0.15, -0.1) is 0 Å². The molecule has 16 heavy (non-hydrogen) atoms. The smallest absolute Gasteiger partial charge is 0.0224 e. The molecule has 2 heteroatoms. The van der Waals surface area contributed by atoms with Gasteiger partial charge in [-0.2, -0.15) is 0 Å². The van der Waals surface area contributed by atoms with Gasteiger partial charge in [0, 0.05) is 31.2 Å². The standard InChI is InChI=1S/C14H26N2/c1-2-12-10-15-9-4-3-6-14(15)11-16(12)13-7-5-8-13/h12-14H,2-11H2,1H3. The lowest BCUT2D eigenvalue weighted by atomic mass is 9.86. The lowest BCUT2D eigenvalue weighted by Crippen LogP contribution is -2.62. The molecule has 3 rings (SSSR count). The monoisotopic (exact) mass is 222 g/mol. The van der Waals surface area contributed by atoms with Crippen LogP contribution in [0.25, 0.3) is 0 Å². The Bertz CT molecular complexity index is 237. The average Bonchev–Trinajstić information content (AvgIpc) is 2.26. The highest BCUT2D eigenvalue weighted by Gasteiger charge is 2.38. The molecule has 2 saturated heterocycles. The van der Waals surface area contributed by atoms with Crippen LogP contribution in [0.5, 0.6) is 0 Å². The molecule has 0 spiro atoms. The van der Waals surface area contributed by atoms with Crippen molar-refractivity contribution in [3.05, 3.63) is 0 Å². The van der Waals surface area contributed by atoms with E-state index in [4.69, 9.17) is 0 Å². The SMILES string of the molecule is CCC1CN2CCCCC2CN1C1CCC1. The molecule has 2 heterocycles. The highest BCUT2D eigenvalue weighted by molar-refractivity contribution is 4.94. The second-order valence-corrected chi connectivity index (χ2v) is 5.99. The first-order valence-electron chi connectivity index (χ1n) is 7.38. The third kappa shape index (κ3) is 1.91. The Morgan fingerprint density at radius 2 is 1.75 bits per heavy atom. The van der Waals surface area contributed by atoms with Gasteiger partial charge in [-0.1, -0.05) is 19.8 Å². The first-order chi connectivity index (χ1) is 7.88. The highest BCUT2D eigenvalue weighted by atomic mass is 15.3. The summed E-state index contributed by atoms with van der Waals surface area (Å²) in [6, 6.07) is 2.71. The Morgan fingerprint density at radius 3 is 2.44 bits per heavy atom. The maximum Gasteiger partial charge on any atom is 0.0224 e. The minimum absolute atomic E-state index is 0.861. The van der Waals surface area contributed by atoms with Crippen molar-refractivity contribution in [1.29, 1.82) is 0 Å². The number of hydrogen-bond acceptors (Lipinski definition) is 2. The van der Waals surface area contributed by atoms with E-state index < -0.39 is 0 Å². The summed E-state index contributed by atoms with van der Waals surface area (Å²) in [6.07, 6.45) is 10.1. The van der Waals surface area contributed by atoms with E-state index in [1.807, 2.05) is 0 Å². The molecule has 2 atom stereocenters. The fourth-order valence-corrected chi connectivity index (χ4v) is 3.80. The number of fused-ring (bicyclic) bond motifs is 1. The van der Waals surface area contributed by atoms with Crippen LogP contribution in [0.2, 0.25) is 0 Å².